The molecule has 3 aromatic rings. The summed E-state index contributed by atoms with van der Waals surface area (Å²) in [7, 11) is 0. The Hall–Kier alpha value is -3.06. The summed E-state index contributed by atoms with van der Waals surface area (Å²) in [6, 6.07) is 10.4. The fraction of sp³-hybridized carbons (Fsp3) is 0.407. The second kappa shape index (κ2) is 9.29. The molecule has 1 amide bonds. The summed E-state index contributed by atoms with van der Waals surface area (Å²) in [5, 5.41) is 6.69. The van der Waals surface area contributed by atoms with E-state index in [9.17, 15) is 18.4 Å². The number of amides is 1. The number of carbonyl (C=O) groups is 1. The molecule has 2 aliphatic rings. The number of pyridine rings is 1. The van der Waals surface area contributed by atoms with Crippen LogP contribution < -0.4 is 16.2 Å². The number of aromatic nitrogens is 1. The van der Waals surface area contributed by atoms with Gasteiger partial charge in [0.15, 0.2) is 0 Å². The van der Waals surface area contributed by atoms with Gasteiger partial charge in [0.1, 0.15) is 11.6 Å². The van der Waals surface area contributed by atoms with Crippen LogP contribution >= 0.6 is 0 Å². The van der Waals surface area contributed by atoms with Crippen LogP contribution in [0.2, 0.25) is 0 Å². The van der Waals surface area contributed by atoms with Crippen molar-refractivity contribution in [3.63, 3.8) is 0 Å². The smallest absolute Gasteiger partial charge is 0.261 e. The van der Waals surface area contributed by atoms with Gasteiger partial charge in [-0.05, 0) is 81.3 Å². The Morgan fingerprint density at radius 2 is 1.97 bits per heavy atom. The summed E-state index contributed by atoms with van der Waals surface area (Å²) in [5.74, 6) is -0.887. The van der Waals surface area contributed by atoms with Crippen LogP contribution in [0, 0.1) is 30.4 Å². The predicted molar refractivity (Wildman–Crippen MR) is 128 cm³/mol. The lowest BCUT2D eigenvalue weighted by atomic mass is 9.97. The standard InChI is InChI=1S/C27H29F2N3O2/c1-16-23(26(33)31-25(18-10-11-18)19-6-2-7-20(28)13-19)21-8-3-9-22(29)24(21)27(34)32(16)15-17-5-4-12-30-14-17/h2-3,6-9,13,17-18,25,30H,4-5,10-12,14-15H2,1H3,(H,31,33)/t17?,25-/m0/s1. The van der Waals surface area contributed by atoms with Crippen LogP contribution in [0.15, 0.2) is 47.3 Å². The van der Waals surface area contributed by atoms with E-state index >= 15 is 0 Å². The lowest BCUT2D eigenvalue weighted by Crippen LogP contribution is -2.37. The van der Waals surface area contributed by atoms with Crippen molar-refractivity contribution in [1.29, 1.82) is 0 Å². The Labute approximate surface area is 197 Å². The highest BCUT2D eigenvalue weighted by atomic mass is 19.1. The van der Waals surface area contributed by atoms with Gasteiger partial charge < -0.3 is 15.2 Å². The summed E-state index contributed by atoms with van der Waals surface area (Å²) in [6.07, 6.45) is 3.89. The Bertz CT molecular complexity index is 1290. The molecule has 7 heteroatoms. The van der Waals surface area contributed by atoms with Gasteiger partial charge in [-0.25, -0.2) is 8.78 Å². The lowest BCUT2D eigenvalue weighted by molar-refractivity contribution is 0.0931. The van der Waals surface area contributed by atoms with Crippen LogP contribution in [0.4, 0.5) is 8.78 Å². The highest BCUT2D eigenvalue weighted by Crippen LogP contribution is 2.41. The first kappa shape index (κ1) is 22.7. The van der Waals surface area contributed by atoms with Gasteiger partial charge in [0.05, 0.1) is 17.0 Å². The van der Waals surface area contributed by atoms with Gasteiger partial charge >= 0.3 is 0 Å². The first-order valence-electron chi connectivity index (χ1n) is 12.0. The van der Waals surface area contributed by atoms with Crippen molar-refractivity contribution in [3.8, 4) is 0 Å². The Morgan fingerprint density at radius 1 is 1.18 bits per heavy atom. The van der Waals surface area contributed by atoms with E-state index in [0.717, 1.165) is 38.8 Å². The zero-order valence-electron chi connectivity index (χ0n) is 19.2. The molecule has 1 saturated carbocycles. The van der Waals surface area contributed by atoms with E-state index < -0.39 is 11.4 Å². The molecule has 0 spiro atoms. The third-order valence-corrected chi connectivity index (χ3v) is 7.16. The molecule has 0 radical (unpaired) electrons. The van der Waals surface area contributed by atoms with E-state index in [2.05, 4.69) is 10.6 Å². The first-order valence-corrected chi connectivity index (χ1v) is 12.0. The fourth-order valence-corrected chi connectivity index (χ4v) is 5.23. The molecule has 34 heavy (non-hydrogen) atoms. The van der Waals surface area contributed by atoms with Crippen molar-refractivity contribution in [2.75, 3.05) is 13.1 Å². The molecule has 2 fully saturated rings. The summed E-state index contributed by atoms with van der Waals surface area (Å²) < 4.78 is 30.4. The van der Waals surface area contributed by atoms with Crippen molar-refractivity contribution >= 4 is 16.7 Å². The van der Waals surface area contributed by atoms with Crippen LogP contribution in [0.3, 0.4) is 0 Å². The van der Waals surface area contributed by atoms with E-state index in [1.54, 1.807) is 23.6 Å². The molecule has 5 nitrogen and oxygen atoms in total. The molecule has 1 aromatic heterocycles. The maximum Gasteiger partial charge on any atom is 0.261 e. The van der Waals surface area contributed by atoms with Gasteiger partial charge in [-0.15, -0.1) is 0 Å². The predicted octanol–water partition coefficient (Wildman–Crippen LogP) is 4.47. The van der Waals surface area contributed by atoms with Crippen molar-refractivity contribution in [1.82, 2.24) is 15.2 Å². The molecular weight excluding hydrogens is 436 g/mol. The van der Waals surface area contributed by atoms with Crippen LogP contribution in [0.25, 0.3) is 10.8 Å². The zero-order chi connectivity index (χ0) is 23.8. The number of piperidine rings is 1. The number of benzene rings is 2. The van der Waals surface area contributed by atoms with Gasteiger partial charge in [-0.2, -0.15) is 0 Å². The molecule has 2 N–H and O–H groups in total. The number of fused-ring (bicyclic) bond motifs is 1. The average Bonchev–Trinajstić information content (AvgIpc) is 3.66. The van der Waals surface area contributed by atoms with Crippen molar-refractivity contribution < 1.29 is 13.6 Å². The van der Waals surface area contributed by atoms with Gasteiger partial charge in [0.2, 0.25) is 0 Å². The molecule has 5 rings (SSSR count). The van der Waals surface area contributed by atoms with E-state index in [0.29, 0.717) is 28.8 Å². The molecule has 2 atom stereocenters. The highest BCUT2D eigenvalue weighted by Gasteiger charge is 2.35. The van der Waals surface area contributed by atoms with E-state index in [1.165, 1.54) is 24.3 Å². The zero-order valence-corrected chi connectivity index (χ0v) is 19.2. The maximum absolute atomic E-state index is 14.9. The molecule has 0 bridgehead atoms. The minimum Gasteiger partial charge on any atom is -0.345 e. The molecule has 1 aliphatic heterocycles. The van der Waals surface area contributed by atoms with Gasteiger partial charge in [0, 0.05) is 17.6 Å². The van der Waals surface area contributed by atoms with E-state index in [1.807, 2.05) is 6.07 Å². The van der Waals surface area contributed by atoms with Crippen molar-refractivity contribution in [2.24, 2.45) is 11.8 Å². The molecule has 2 aromatic carbocycles. The normalized spacial score (nSPS) is 19.2. The Kier molecular flexibility index (Phi) is 6.21. The highest BCUT2D eigenvalue weighted by molar-refractivity contribution is 6.08. The Balaban J connectivity index is 1.58. The van der Waals surface area contributed by atoms with Crippen LogP contribution in [0.5, 0.6) is 0 Å². The second-order valence-corrected chi connectivity index (χ2v) is 9.59. The van der Waals surface area contributed by atoms with Crippen molar-refractivity contribution in [2.45, 2.75) is 45.2 Å². The third kappa shape index (κ3) is 4.37. The van der Waals surface area contributed by atoms with Crippen LogP contribution in [-0.2, 0) is 6.54 Å². The third-order valence-electron chi connectivity index (χ3n) is 7.16. The molecule has 178 valence electrons. The number of nitrogens with zero attached hydrogens (tertiary/aromatic N) is 1. The first-order chi connectivity index (χ1) is 16.4. The quantitative estimate of drug-likeness (QED) is 0.565. The van der Waals surface area contributed by atoms with E-state index in [4.69, 9.17) is 0 Å². The number of hydrogen-bond donors (Lipinski definition) is 2. The molecule has 1 unspecified atom stereocenters. The maximum atomic E-state index is 14.9. The largest absolute Gasteiger partial charge is 0.345 e. The average molecular weight is 466 g/mol. The van der Waals surface area contributed by atoms with Gasteiger partial charge in [-0.3, -0.25) is 9.59 Å². The topological polar surface area (TPSA) is 63.1 Å². The summed E-state index contributed by atoms with van der Waals surface area (Å²) in [5.41, 5.74) is 1.14. The second-order valence-electron chi connectivity index (χ2n) is 9.59. The van der Waals surface area contributed by atoms with Crippen LogP contribution in [0.1, 0.15) is 53.3 Å². The van der Waals surface area contributed by atoms with Gasteiger partial charge in [-0.1, -0.05) is 24.3 Å². The molecular formula is C27H29F2N3O2. The molecule has 2 heterocycles. The summed E-state index contributed by atoms with van der Waals surface area (Å²) >= 11 is 0. The summed E-state index contributed by atoms with van der Waals surface area (Å²) in [6.45, 7) is 3.92. The minimum atomic E-state index is -0.629. The minimum absolute atomic E-state index is 0.0595. The molecule has 1 aliphatic carbocycles. The van der Waals surface area contributed by atoms with E-state index in [-0.39, 0.29) is 35.0 Å². The SMILES string of the molecule is Cc1c(C(=O)N[C@H](c2cccc(F)c2)C2CC2)c2cccc(F)c2c(=O)n1CC1CCCNC1. The van der Waals surface area contributed by atoms with Gasteiger partial charge in [0.25, 0.3) is 11.5 Å². The lowest BCUT2D eigenvalue weighted by Gasteiger charge is -2.26. The summed E-state index contributed by atoms with van der Waals surface area (Å²) in [4.78, 5) is 27.0. The number of hydrogen-bond acceptors (Lipinski definition) is 3. The van der Waals surface area contributed by atoms with Crippen molar-refractivity contribution in [3.05, 3.63) is 81.3 Å². The number of rotatable bonds is 6. The number of nitrogens with one attached hydrogen (secondary N) is 2. The molecule has 1 saturated heterocycles. The Morgan fingerprint density at radius 3 is 2.68 bits per heavy atom. The monoisotopic (exact) mass is 465 g/mol. The number of halogens is 2. The van der Waals surface area contributed by atoms with Crippen LogP contribution in [-0.4, -0.2) is 23.6 Å². The number of carbonyl (C=O) groups excluding carboxylic acids is 1. The fourth-order valence-electron chi connectivity index (χ4n) is 5.23.